The summed E-state index contributed by atoms with van der Waals surface area (Å²) in [5.41, 5.74) is -0.0381. The highest BCUT2D eigenvalue weighted by atomic mass is 16.6. The first-order valence-corrected chi connectivity index (χ1v) is 6.77. The van der Waals surface area contributed by atoms with Crippen molar-refractivity contribution in [3.63, 3.8) is 0 Å². The van der Waals surface area contributed by atoms with Crippen LogP contribution in [0, 0.1) is 16.0 Å². The van der Waals surface area contributed by atoms with Crippen molar-refractivity contribution < 1.29 is 10.0 Å². The van der Waals surface area contributed by atoms with Gasteiger partial charge in [0.05, 0.1) is 23.2 Å². The molecule has 0 bridgehead atoms. The summed E-state index contributed by atoms with van der Waals surface area (Å²) in [6, 6.07) is 2.73. The molecule has 0 aliphatic carbocycles. The summed E-state index contributed by atoms with van der Waals surface area (Å²) < 4.78 is 0. The van der Waals surface area contributed by atoms with Crippen molar-refractivity contribution in [1.29, 1.82) is 0 Å². The van der Waals surface area contributed by atoms with E-state index < -0.39 is 11.0 Å². The van der Waals surface area contributed by atoms with Crippen LogP contribution in [0.3, 0.4) is 0 Å². The molecule has 7 heteroatoms. The number of anilines is 2. The van der Waals surface area contributed by atoms with Gasteiger partial charge in [-0.2, -0.15) is 0 Å². The van der Waals surface area contributed by atoms with Crippen LogP contribution >= 0.6 is 0 Å². The number of aliphatic hydroxyl groups excluding tert-OH is 1. The molecule has 0 fully saturated rings. The number of nitrogens with one attached hydrogen (secondary N) is 2. The van der Waals surface area contributed by atoms with Crippen LogP contribution in [-0.2, 0) is 0 Å². The van der Waals surface area contributed by atoms with E-state index in [1.165, 1.54) is 12.1 Å². The van der Waals surface area contributed by atoms with Gasteiger partial charge in [-0.1, -0.05) is 26.7 Å². The molecule has 20 heavy (non-hydrogen) atoms. The Bertz CT molecular complexity index is 449. The standard InChI is InChI=1S/C13H22N4O3/c1-4-9(5-2)11(18)8-15-13-7-10(17(19)20)6-12(14-3)16-13/h6-7,9,11,18H,4-5,8H2,1-3H3,(H2,14,15,16). The number of aliphatic hydroxyl groups is 1. The topological polar surface area (TPSA) is 100 Å². The second kappa shape index (κ2) is 7.64. The molecule has 3 N–H and O–H groups in total. The number of nitro groups is 1. The lowest BCUT2D eigenvalue weighted by Gasteiger charge is -2.20. The molecule has 0 aliphatic rings. The fourth-order valence-electron chi connectivity index (χ4n) is 2.05. The molecule has 1 aromatic rings. The van der Waals surface area contributed by atoms with E-state index >= 15 is 0 Å². The zero-order valence-electron chi connectivity index (χ0n) is 12.1. The number of aromatic nitrogens is 1. The minimum atomic E-state index is -0.496. The largest absolute Gasteiger partial charge is 0.391 e. The van der Waals surface area contributed by atoms with Crippen molar-refractivity contribution in [2.24, 2.45) is 5.92 Å². The monoisotopic (exact) mass is 282 g/mol. The Morgan fingerprint density at radius 1 is 1.35 bits per heavy atom. The Morgan fingerprint density at radius 2 is 1.95 bits per heavy atom. The summed E-state index contributed by atoms with van der Waals surface area (Å²) in [6.07, 6.45) is 1.29. The maximum absolute atomic E-state index is 10.8. The van der Waals surface area contributed by atoms with Gasteiger partial charge in [0, 0.05) is 13.6 Å². The lowest BCUT2D eigenvalue weighted by atomic mass is 9.96. The fourth-order valence-corrected chi connectivity index (χ4v) is 2.05. The van der Waals surface area contributed by atoms with E-state index in [2.05, 4.69) is 15.6 Å². The zero-order valence-corrected chi connectivity index (χ0v) is 12.1. The third kappa shape index (κ3) is 4.34. The molecule has 0 saturated carbocycles. The second-order valence-corrected chi connectivity index (χ2v) is 4.63. The zero-order chi connectivity index (χ0) is 15.1. The molecule has 0 radical (unpaired) electrons. The lowest BCUT2D eigenvalue weighted by Crippen LogP contribution is -2.28. The molecule has 0 aromatic carbocycles. The van der Waals surface area contributed by atoms with Crippen molar-refractivity contribution in [3.8, 4) is 0 Å². The highest BCUT2D eigenvalue weighted by Gasteiger charge is 2.16. The van der Waals surface area contributed by atoms with Crippen LogP contribution in [0.2, 0.25) is 0 Å². The molecule has 0 aliphatic heterocycles. The third-order valence-electron chi connectivity index (χ3n) is 3.36. The number of nitrogens with zero attached hydrogens (tertiary/aromatic N) is 2. The molecule has 1 atom stereocenters. The van der Waals surface area contributed by atoms with Gasteiger partial charge in [-0.05, 0) is 5.92 Å². The van der Waals surface area contributed by atoms with Gasteiger partial charge in [-0.15, -0.1) is 0 Å². The van der Waals surface area contributed by atoms with Crippen LogP contribution in [-0.4, -0.2) is 34.7 Å². The number of rotatable bonds is 8. The molecule has 1 aromatic heterocycles. The third-order valence-corrected chi connectivity index (χ3v) is 3.36. The SMILES string of the molecule is CCC(CC)C(O)CNc1cc([N+](=O)[O-])cc(NC)n1. The Morgan fingerprint density at radius 3 is 2.45 bits per heavy atom. The van der Waals surface area contributed by atoms with Gasteiger partial charge in [-0.25, -0.2) is 4.98 Å². The number of hydrogen-bond donors (Lipinski definition) is 3. The highest BCUT2D eigenvalue weighted by Crippen LogP contribution is 2.21. The molecule has 1 unspecified atom stereocenters. The average Bonchev–Trinajstić information content (AvgIpc) is 2.45. The summed E-state index contributed by atoms with van der Waals surface area (Å²) in [5, 5.41) is 26.6. The maximum atomic E-state index is 10.8. The highest BCUT2D eigenvalue weighted by molar-refractivity contribution is 5.54. The molecule has 0 saturated heterocycles. The van der Waals surface area contributed by atoms with Crippen LogP contribution in [0.25, 0.3) is 0 Å². The van der Waals surface area contributed by atoms with Crippen molar-refractivity contribution in [2.45, 2.75) is 32.8 Å². The van der Waals surface area contributed by atoms with Crippen molar-refractivity contribution in [3.05, 3.63) is 22.2 Å². The molecule has 112 valence electrons. The first kappa shape index (κ1) is 16.2. The molecule has 0 amide bonds. The normalized spacial score (nSPS) is 12.2. The molecule has 7 nitrogen and oxygen atoms in total. The smallest absolute Gasteiger partial charge is 0.276 e. The second-order valence-electron chi connectivity index (χ2n) is 4.63. The van der Waals surface area contributed by atoms with E-state index in [1.807, 2.05) is 13.8 Å². The lowest BCUT2D eigenvalue weighted by molar-refractivity contribution is -0.384. The minimum absolute atomic E-state index is 0.0381. The Balaban J connectivity index is 2.76. The maximum Gasteiger partial charge on any atom is 0.276 e. The Kier molecular flexibility index (Phi) is 6.17. The predicted octanol–water partition coefficient (Wildman–Crippen LogP) is 2.24. The van der Waals surface area contributed by atoms with Gasteiger partial charge in [0.25, 0.3) is 5.69 Å². The van der Waals surface area contributed by atoms with Crippen molar-refractivity contribution in [2.75, 3.05) is 24.2 Å². The van der Waals surface area contributed by atoms with E-state index in [0.717, 1.165) is 12.8 Å². The van der Waals surface area contributed by atoms with E-state index in [9.17, 15) is 15.2 Å². The Hall–Kier alpha value is -1.89. The van der Waals surface area contributed by atoms with Crippen molar-refractivity contribution >= 4 is 17.3 Å². The average molecular weight is 282 g/mol. The van der Waals surface area contributed by atoms with E-state index in [4.69, 9.17) is 0 Å². The van der Waals surface area contributed by atoms with Gasteiger partial charge in [0.15, 0.2) is 0 Å². The van der Waals surface area contributed by atoms with Crippen LogP contribution in [0.15, 0.2) is 12.1 Å². The summed E-state index contributed by atoms with van der Waals surface area (Å²) in [4.78, 5) is 14.5. The van der Waals surface area contributed by atoms with Gasteiger partial charge in [0.1, 0.15) is 11.6 Å². The van der Waals surface area contributed by atoms with E-state index in [-0.39, 0.29) is 11.6 Å². The van der Waals surface area contributed by atoms with Crippen LogP contribution in [0.5, 0.6) is 0 Å². The summed E-state index contributed by atoms with van der Waals surface area (Å²) >= 11 is 0. The molecular weight excluding hydrogens is 260 g/mol. The van der Waals surface area contributed by atoms with Crippen LogP contribution in [0.1, 0.15) is 26.7 Å². The summed E-state index contributed by atoms with van der Waals surface area (Å²) in [6.45, 7) is 4.38. The Labute approximate surface area is 118 Å². The van der Waals surface area contributed by atoms with E-state index in [0.29, 0.717) is 18.2 Å². The van der Waals surface area contributed by atoms with E-state index in [1.54, 1.807) is 7.05 Å². The predicted molar refractivity (Wildman–Crippen MR) is 79.0 cm³/mol. The molecule has 1 rings (SSSR count). The number of pyridine rings is 1. The molecule has 0 spiro atoms. The van der Waals surface area contributed by atoms with Gasteiger partial charge < -0.3 is 15.7 Å². The quantitative estimate of drug-likeness (QED) is 0.499. The molecule has 1 heterocycles. The first-order chi connectivity index (χ1) is 9.51. The number of hydrogen-bond acceptors (Lipinski definition) is 6. The van der Waals surface area contributed by atoms with Gasteiger partial charge in [-0.3, -0.25) is 10.1 Å². The van der Waals surface area contributed by atoms with Crippen LogP contribution in [0.4, 0.5) is 17.3 Å². The van der Waals surface area contributed by atoms with Crippen molar-refractivity contribution in [1.82, 2.24) is 4.98 Å². The van der Waals surface area contributed by atoms with Gasteiger partial charge in [0.2, 0.25) is 0 Å². The summed E-state index contributed by atoms with van der Waals surface area (Å²) in [7, 11) is 1.65. The minimum Gasteiger partial charge on any atom is -0.391 e. The van der Waals surface area contributed by atoms with Crippen LogP contribution < -0.4 is 10.6 Å². The van der Waals surface area contributed by atoms with Gasteiger partial charge >= 0.3 is 0 Å². The summed E-state index contributed by atoms with van der Waals surface area (Å²) in [5.74, 6) is 1.01. The fraction of sp³-hybridized carbons (Fsp3) is 0.615. The molecular formula is C13H22N4O3. The first-order valence-electron chi connectivity index (χ1n) is 6.77.